The average molecular weight is 434 g/mol. The largest absolute Gasteiger partial charge is 0.352 e. The van der Waals surface area contributed by atoms with E-state index in [4.69, 9.17) is 4.99 Å². The molecule has 1 N–H and O–H groups in total. The second-order valence-corrected chi connectivity index (χ2v) is 8.99. The summed E-state index contributed by atoms with van der Waals surface area (Å²) in [4.78, 5) is 18.8. The van der Waals surface area contributed by atoms with Crippen molar-refractivity contribution in [3.63, 3.8) is 0 Å². The van der Waals surface area contributed by atoms with E-state index in [1.807, 2.05) is 0 Å². The number of amides is 1. The highest BCUT2D eigenvalue weighted by Gasteiger charge is 2.28. The number of hydrogen-bond donors (Lipinski definition) is 1. The van der Waals surface area contributed by atoms with Crippen molar-refractivity contribution in [2.75, 3.05) is 0 Å². The fourth-order valence-corrected chi connectivity index (χ4v) is 5.01. The normalized spacial score (nSPS) is 17.8. The van der Waals surface area contributed by atoms with E-state index in [0.717, 1.165) is 22.5 Å². The SMILES string of the molecule is CCc1ccc(CNC(=O)Cc2csc(=NC3CCCCC3)n2C2CC2)cc1.Cl. The van der Waals surface area contributed by atoms with Gasteiger partial charge in [-0.15, -0.1) is 23.7 Å². The predicted molar refractivity (Wildman–Crippen MR) is 122 cm³/mol. The summed E-state index contributed by atoms with van der Waals surface area (Å²) in [5.41, 5.74) is 3.60. The van der Waals surface area contributed by atoms with Crippen molar-refractivity contribution in [3.05, 3.63) is 51.3 Å². The van der Waals surface area contributed by atoms with Crippen LogP contribution in [-0.4, -0.2) is 16.5 Å². The maximum absolute atomic E-state index is 12.6. The summed E-state index contributed by atoms with van der Waals surface area (Å²) in [6.07, 6.45) is 10.3. The van der Waals surface area contributed by atoms with E-state index in [-0.39, 0.29) is 18.3 Å². The molecule has 158 valence electrons. The number of aryl methyl sites for hydroxylation is 1. The predicted octanol–water partition coefficient (Wildman–Crippen LogP) is 4.96. The molecule has 4 nitrogen and oxygen atoms in total. The van der Waals surface area contributed by atoms with Gasteiger partial charge in [0.25, 0.3) is 0 Å². The summed E-state index contributed by atoms with van der Waals surface area (Å²) in [7, 11) is 0. The lowest BCUT2D eigenvalue weighted by atomic mass is 9.96. The first-order valence-corrected chi connectivity index (χ1v) is 11.7. The van der Waals surface area contributed by atoms with Crippen LogP contribution in [0.1, 0.15) is 74.7 Å². The highest BCUT2D eigenvalue weighted by molar-refractivity contribution is 7.07. The second kappa shape index (κ2) is 10.4. The molecule has 4 rings (SSSR count). The molecule has 0 aliphatic heterocycles. The number of carbonyl (C=O) groups excluding carboxylic acids is 1. The van der Waals surface area contributed by atoms with Gasteiger partial charge in [-0.05, 0) is 43.2 Å². The lowest BCUT2D eigenvalue weighted by molar-refractivity contribution is -0.120. The van der Waals surface area contributed by atoms with Crippen molar-refractivity contribution < 1.29 is 4.79 Å². The third-order valence-electron chi connectivity index (χ3n) is 5.86. The Morgan fingerprint density at radius 2 is 1.79 bits per heavy atom. The van der Waals surface area contributed by atoms with Crippen LogP contribution in [0.5, 0.6) is 0 Å². The molecule has 1 heterocycles. The molecule has 0 spiro atoms. The molecule has 0 atom stereocenters. The van der Waals surface area contributed by atoms with E-state index < -0.39 is 0 Å². The Bertz CT molecular complexity index is 861. The Morgan fingerprint density at radius 3 is 2.45 bits per heavy atom. The molecule has 6 heteroatoms. The zero-order valence-corrected chi connectivity index (χ0v) is 18.9. The molecule has 2 aliphatic rings. The lowest BCUT2D eigenvalue weighted by Crippen LogP contribution is -2.27. The Kier molecular flexibility index (Phi) is 7.96. The summed E-state index contributed by atoms with van der Waals surface area (Å²) in [6, 6.07) is 9.52. The minimum Gasteiger partial charge on any atom is -0.352 e. The van der Waals surface area contributed by atoms with Crippen molar-refractivity contribution >= 4 is 29.7 Å². The van der Waals surface area contributed by atoms with Gasteiger partial charge in [-0.1, -0.05) is 50.5 Å². The first kappa shape index (κ1) is 22.1. The molecule has 1 aromatic carbocycles. The van der Waals surface area contributed by atoms with E-state index in [9.17, 15) is 4.79 Å². The van der Waals surface area contributed by atoms with Gasteiger partial charge in [-0.3, -0.25) is 9.79 Å². The zero-order valence-electron chi connectivity index (χ0n) is 17.2. The number of halogens is 1. The van der Waals surface area contributed by atoms with Crippen LogP contribution >= 0.6 is 23.7 Å². The summed E-state index contributed by atoms with van der Waals surface area (Å²) in [5.74, 6) is 0.0935. The van der Waals surface area contributed by atoms with Crippen LogP contribution in [0.25, 0.3) is 0 Å². The van der Waals surface area contributed by atoms with E-state index in [2.05, 4.69) is 46.5 Å². The van der Waals surface area contributed by atoms with Crippen LogP contribution in [-0.2, 0) is 24.2 Å². The van der Waals surface area contributed by atoms with Gasteiger partial charge in [-0.2, -0.15) is 0 Å². The third-order valence-corrected chi connectivity index (χ3v) is 6.76. The Balaban J connectivity index is 0.00000240. The van der Waals surface area contributed by atoms with E-state index in [1.165, 1.54) is 50.5 Å². The molecule has 0 bridgehead atoms. The first-order valence-electron chi connectivity index (χ1n) is 10.8. The average Bonchev–Trinajstić information content (AvgIpc) is 3.50. The number of carbonyl (C=O) groups is 1. The smallest absolute Gasteiger partial charge is 0.226 e. The number of nitrogens with one attached hydrogen (secondary N) is 1. The maximum atomic E-state index is 12.6. The molecule has 0 radical (unpaired) electrons. The number of benzene rings is 1. The number of nitrogens with zero attached hydrogens (tertiary/aromatic N) is 2. The van der Waals surface area contributed by atoms with Crippen LogP contribution in [0.3, 0.4) is 0 Å². The quantitative estimate of drug-likeness (QED) is 0.658. The molecule has 0 unspecified atom stereocenters. The molecular formula is C23H32ClN3OS. The lowest BCUT2D eigenvalue weighted by Gasteiger charge is -2.17. The minimum absolute atomic E-state index is 0. The maximum Gasteiger partial charge on any atom is 0.226 e. The second-order valence-electron chi connectivity index (χ2n) is 8.16. The van der Waals surface area contributed by atoms with Crippen LogP contribution in [0.2, 0.25) is 0 Å². The number of rotatable bonds is 7. The summed E-state index contributed by atoms with van der Waals surface area (Å²) in [6.45, 7) is 2.75. The highest BCUT2D eigenvalue weighted by Crippen LogP contribution is 2.35. The third kappa shape index (κ3) is 5.95. The fourth-order valence-electron chi connectivity index (χ4n) is 3.99. The molecule has 0 saturated heterocycles. The van der Waals surface area contributed by atoms with E-state index >= 15 is 0 Å². The van der Waals surface area contributed by atoms with Crippen molar-refractivity contribution in [1.29, 1.82) is 0 Å². The van der Waals surface area contributed by atoms with Gasteiger partial charge in [0.2, 0.25) is 5.91 Å². The topological polar surface area (TPSA) is 46.4 Å². The van der Waals surface area contributed by atoms with Gasteiger partial charge in [-0.25, -0.2) is 0 Å². The standard InChI is InChI=1S/C23H31N3OS.ClH/c1-2-17-8-10-18(11-9-17)15-24-22(27)14-21-16-28-23(26(21)20-12-13-20)25-19-6-4-3-5-7-19;/h8-11,16,19-20H,2-7,12-15H2,1H3,(H,24,27);1H. The number of thiazole rings is 1. The van der Waals surface area contributed by atoms with E-state index in [0.29, 0.717) is 25.0 Å². The van der Waals surface area contributed by atoms with Crippen LogP contribution in [0, 0.1) is 0 Å². The molecule has 2 saturated carbocycles. The summed E-state index contributed by atoms with van der Waals surface area (Å²) < 4.78 is 2.36. The fraction of sp³-hybridized carbons (Fsp3) is 0.565. The summed E-state index contributed by atoms with van der Waals surface area (Å²) >= 11 is 1.71. The van der Waals surface area contributed by atoms with Crippen LogP contribution in [0.15, 0.2) is 34.6 Å². The zero-order chi connectivity index (χ0) is 19.3. The van der Waals surface area contributed by atoms with Crippen molar-refractivity contribution in [2.45, 2.75) is 83.3 Å². The van der Waals surface area contributed by atoms with E-state index in [1.54, 1.807) is 11.3 Å². The van der Waals surface area contributed by atoms with Crippen molar-refractivity contribution in [3.8, 4) is 0 Å². The number of aromatic nitrogens is 1. The van der Waals surface area contributed by atoms with Crippen LogP contribution < -0.4 is 10.1 Å². The summed E-state index contributed by atoms with van der Waals surface area (Å²) in [5, 5.41) is 5.23. The van der Waals surface area contributed by atoms with Crippen molar-refractivity contribution in [2.24, 2.45) is 4.99 Å². The van der Waals surface area contributed by atoms with Gasteiger partial charge in [0, 0.05) is 23.7 Å². The van der Waals surface area contributed by atoms with Gasteiger partial charge >= 0.3 is 0 Å². The Morgan fingerprint density at radius 1 is 1.10 bits per heavy atom. The van der Waals surface area contributed by atoms with Crippen molar-refractivity contribution in [1.82, 2.24) is 9.88 Å². The number of hydrogen-bond acceptors (Lipinski definition) is 3. The molecule has 2 aliphatic carbocycles. The molecule has 2 fully saturated rings. The van der Waals surface area contributed by atoms with Gasteiger partial charge in [0.1, 0.15) is 0 Å². The van der Waals surface area contributed by atoms with Gasteiger partial charge < -0.3 is 9.88 Å². The molecular weight excluding hydrogens is 402 g/mol. The molecule has 29 heavy (non-hydrogen) atoms. The Labute approximate surface area is 183 Å². The first-order chi connectivity index (χ1) is 13.7. The van der Waals surface area contributed by atoms with Crippen LogP contribution in [0.4, 0.5) is 0 Å². The van der Waals surface area contributed by atoms with Gasteiger partial charge in [0.05, 0.1) is 12.5 Å². The van der Waals surface area contributed by atoms with Gasteiger partial charge in [0.15, 0.2) is 4.80 Å². The monoisotopic (exact) mass is 433 g/mol. The highest BCUT2D eigenvalue weighted by atomic mass is 35.5. The minimum atomic E-state index is 0. The molecule has 1 aromatic heterocycles. The molecule has 2 aromatic rings. The molecule has 1 amide bonds. The Hall–Kier alpha value is -1.59.